The highest BCUT2D eigenvalue weighted by Crippen LogP contribution is 2.38. The minimum Gasteiger partial charge on any atom is -0.496 e. The molecule has 1 aromatic rings. The molecule has 0 aliphatic rings. The van der Waals surface area contributed by atoms with Gasteiger partial charge in [0.15, 0.2) is 6.61 Å². The second kappa shape index (κ2) is 13.4. The molecule has 0 aromatic heterocycles. The number of primary amides is 1. The molecule has 0 atom stereocenters. The van der Waals surface area contributed by atoms with Crippen molar-refractivity contribution in [2.24, 2.45) is 5.73 Å². The van der Waals surface area contributed by atoms with Crippen molar-refractivity contribution in [2.45, 2.75) is 65.7 Å². The summed E-state index contributed by atoms with van der Waals surface area (Å²) in [6.07, 6.45) is 5.64. The van der Waals surface area contributed by atoms with Gasteiger partial charge in [0.25, 0.3) is 0 Å². The van der Waals surface area contributed by atoms with E-state index >= 15 is 0 Å². The lowest BCUT2D eigenvalue weighted by atomic mass is 9.94. The molecule has 5 nitrogen and oxygen atoms in total. The SMILES string of the molecule is COc1c(C)c(C)c(OC)c(CCCCC#CCCCC#CCOC(N)=O)c1C. The summed E-state index contributed by atoms with van der Waals surface area (Å²) < 4.78 is 15.8. The van der Waals surface area contributed by atoms with Crippen molar-refractivity contribution in [1.29, 1.82) is 0 Å². The highest BCUT2D eigenvalue weighted by Gasteiger charge is 2.18. The lowest BCUT2D eigenvalue weighted by molar-refractivity contribution is 0.171. The van der Waals surface area contributed by atoms with E-state index in [0.29, 0.717) is 0 Å². The Hall–Kier alpha value is -2.79. The molecular formula is C24H33NO4. The number of rotatable bonds is 9. The maximum Gasteiger partial charge on any atom is 0.405 e. The van der Waals surface area contributed by atoms with Gasteiger partial charge < -0.3 is 19.9 Å². The Morgan fingerprint density at radius 2 is 1.34 bits per heavy atom. The van der Waals surface area contributed by atoms with Crippen LogP contribution in [0.2, 0.25) is 0 Å². The van der Waals surface area contributed by atoms with E-state index in [1.165, 1.54) is 11.1 Å². The first-order valence-corrected chi connectivity index (χ1v) is 9.98. The van der Waals surface area contributed by atoms with Gasteiger partial charge in [0, 0.05) is 24.8 Å². The van der Waals surface area contributed by atoms with E-state index < -0.39 is 6.09 Å². The summed E-state index contributed by atoms with van der Waals surface area (Å²) in [7, 11) is 3.46. The molecule has 0 saturated heterocycles. The summed E-state index contributed by atoms with van der Waals surface area (Å²) in [5, 5.41) is 0. The zero-order chi connectivity index (χ0) is 21.6. The molecule has 5 heteroatoms. The number of methoxy groups -OCH3 is 2. The first kappa shape index (κ1) is 24.2. The van der Waals surface area contributed by atoms with Crippen molar-refractivity contribution in [3.05, 3.63) is 22.3 Å². The molecule has 0 fully saturated rings. The van der Waals surface area contributed by atoms with Gasteiger partial charge in [-0.25, -0.2) is 4.79 Å². The lowest BCUT2D eigenvalue weighted by Gasteiger charge is -2.20. The van der Waals surface area contributed by atoms with Crippen LogP contribution in [-0.4, -0.2) is 26.9 Å². The molecule has 0 bridgehead atoms. The average molecular weight is 400 g/mol. The molecule has 1 aromatic carbocycles. The smallest absolute Gasteiger partial charge is 0.405 e. The number of carbonyl (C=O) groups excluding carboxylic acids is 1. The van der Waals surface area contributed by atoms with E-state index in [0.717, 1.165) is 67.6 Å². The van der Waals surface area contributed by atoms with Crippen LogP contribution < -0.4 is 15.2 Å². The van der Waals surface area contributed by atoms with E-state index in [2.05, 4.69) is 49.2 Å². The maximum absolute atomic E-state index is 10.4. The minimum atomic E-state index is -0.796. The first-order chi connectivity index (χ1) is 13.9. The Bertz CT molecular complexity index is 806. The van der Waals surface area contributed by atoms with Crippen LogP contribution in [0, 0.1) is 44.5 Å². The van der Waals surface area contributed by atoms with Crippen molar-refractivity contribution in [3.63, 3.8) is 0 Å². The Kier molecular flexibility index (Phi) is 11.2. The molecule has 0 aliphatic heterocycles. The van der Waals surface area contributed by atoms with Gasteiger partial charge in [-0.3, -0.25) is 0 Å². The lowest BCUT2D eigenvalue weighted by Crippen LogP contribution is -2.12. The van der Waals surface area contributed by atoms with Gasteiger partial charge in [-0.2, -0.15) is 0 Å². The van der Waals surface area contributed by atoms with Crippen LogP contribution in [0.5, 0.6) is 11.5 Å². The average Bonchev–Trinajstić information content (AvgIpc) is 2.69. The van der Waals surface area contributed by atoms with Gasteiger partial charge in [-0.15, -0.1) is 11.8 Å². The summed E-state index contributed by atoms with van der Waals surface area (Å²) in [6.45, 7) is 6.31. The summed E-state index contributed by atoms with van der Waals surface area (Å²) in [6, 6.07) is 0. The number of hydrogen-bond acceptors (Lipinski definition) is 4. The summed E-state index contributed by atoms with van der Waals surface area (Å²) in [4.78, 5) is 10.4. The largest absolute Gasteiger partial charge is 0.496 e. The fourth-order valence-corrected chi connectivity index (χ4v) is 3.24. The molecule has 0 spiro atoms. The Morgan fingerprint density at radius 1 is 0.793 bits per heavy atom. The monoisotopic (exact) mass is 399 g/mol. The minimum absolute atomic E-state index is 0.0532. The second-order valence-electron chi connectivity index (χ2n) is 6.80. The molecule has 29 heavy (non-hydrogen) atoms. The molecule has 1 amide bonds. The Balaban J connectivity index is 2.39. The summed E-state index contributed by atoms with van der Waals surface area (Å²) in [5.41, 5.74) is 9.53. The van der Waals surface area contributed by atoms with Gasteiger partial charge in [0.05, 0.1) is 14.2 Å². The number of carbonyl (C=O) groups is 1. The van der Waals surface area contributed by atoms with Crippen LogP contribution in [0.15, 0.2) is 0 Å². The standard InChI is InChI=1S/C24H33NO4/c1-18-19(2)23(28-5)21(20(3)22(18)27-4)16-14-12-10-8-6-7-9-11-13-15-17-29-24(25)26/h7,9-12,14,16-17H2,1-5H3,(H2,25,26). The summed E-state index contributed by atoms with van der Waals surface area (Å²) >= 11 is 0. The molecule has 0 saturated carbocycles. The van der Waals surface area contributed by atoms with Gasteiger partial charge in [-0.1, -0.05) is 11.8 Å². The van der Waals surface area contributed by atoms with E-state index in [1.807, 2.05) is 0 Å². The van der Waals surface area contributed by atoms with Gasteiger partial charge in [-0.05, 0) is 63.1 Å². The zero-order valence-electron chi connectivity index (χ0n) is 18.4. The molecule has 0 aliphatic carbocycles. The van der Waals surface area contributed by atoms with Crippen molar-refractivity contribution < 1.29 is 19.0 Å². The number of benzene rings is 1. The Morgan fingerprint density at radius 3 is 1.93 bits per heavy atom. The predicted molar refractivity (Wildman–Crippen MR) is 116 cm³/mol. The predicted octanol–water partition coefficient (Wildman–Crippen LogP) is 4.61. The highest BCUT2D eigenvalue weighted by molar-refractivity contribution is 5.64. The van der Waals surface area contributed by atoms with Crippen LogP contribution in [0.4, 0.5) is 4.79 Å². The van der Waals surface area contributed by atoms with Crippen molar-refractivity contribution in [3.8, 4) is 35.2 Å². The highest BCUT2D eigenvalue weighted by atomic mass is 16.5. The third-order valence-electron chi connectivity index (χ3n) is 4.84. The third kappa shape index (κ3) is 8.00. The van der Waals surface area contributed by atoms with E-state index in [-0.39, 0.29) is 6.61 Å². The number of amides is 1. The maximum atomic E-state index is 10.4. The quantitative estimate of drug-likeness (QED) is 0.486. The molecule has 0 unspecified atom stereocenters. The van der Waals surface area contributed by atoms with Gasteiger partial charge in [0.2, 0.25) is 0 Å². The molecule has 1 rings (SSSR count). The van der Waals surface area contributed by atoms with Crippen LogP contribution in [0.25, 0.3) is 0 Å². The molecule has 158 valence electrons. The van der Waals surface area contributed by atoms with Crippen molar-refractivity contribution >= 4 is 6.09 Å². The number of hydrogen-bond donors (Lipinski definition) is 1. The van der Waals surface area contributed by atoms with Crippen molar-refractivity contribution in [2.75, 3.05) is 20.8 Å². The number of nitrogens with two attached hydrogens (primary N) is 1. The number of ether oxygens (including phenoxy) is 3. The molecule has 0 radical (unpaired) electrons. The molecule has 2 N–H and O–H groups in total. The van der Waals surface area contributed by atoms with Gasteiger partial charge >= 0.3 is 6.09 Å². The normalized spacial score (nSPS) is 9.69. The van der Waals surface area contributed by atoms with Crippen molar-refractivity contribution in [1.82, 2.24) is 0 Å². The van der Waals surface area contributed by atoms with E-state index in [4.69, 9.17) is 15.2 Å². The topological polar surface area (TPSA) is 70.8 Å². The fraction of sp³-hybridized carbons (Fsp3) is 0.542. The second-order valence-corrected chi connectivity index (χ2v) is 6.80. The van der Waals surface area contributed by atoms with E-state index in [1.54, 1.807) is 14.2 Å². The Labute approximate surface area is 175 Å². The van der Waals surface area contributed by atoms with Gasteiger partial charge in [0.1, 0.15) is 11.5 Å². The molecular weight excluding hydrogens is 366 g/mol. The van der Waals surface area contributed by atoms with Crippen LogP contribution in [-0.2, 0) is 11.2 Å². The van der Waals surface area contributed by atoms with Crippen LogP contribution in [0.3, 0.4) is 0 Å². The van der Waals surface area contributed by atoms with E-state index in [9.17, 15) is 4.79 Å². The van der Waals surface area contributed by atoms with Crippen LogP contribution in [0.1, 0.15) is 60.8 Å². The first-order valence-electron chi connectivity index (χ1n) is 9.98. The third-order valence-corrected chi connectivity index (χ3v) is 4.84. The fourth-order valence-electron chi connectivity index (χ4n) is 3.24. The molecule has 0 heterocycles. The zero-order valence-corrected chi connectivity index (χ0v) is 18.4. The van der Waals surface area contributed by atoms with Crippen LogP contribution >= 0.6 is 0 Å². The summed E-state index contributed by atoms with van der Waals surface area (Å²) in [5.74, 6) is 14.0. The number of unbranched alkanes of at least 4 members (excludes halogenated alkanes) is 4.